The molecule has 1 fully saturated rings. The molecule has 0 radical (unpaired) electrons. The number of sulfonamides is 1. The van der Waals surface area contributed by atoms with Gasteiger partial charge in [0.2, 0.25) is 10.0 Å². The van der Waals surface area contributed by atoms with Crippen molar-refractivity contribution in [1.82, 2.24) is 9.21 Å². The van der Waals surface area contributed by atoms with Gasteiger partial charge in [-0.25, -0.2) is 13.2 Å². The van der Waals surface area contributed by atoms with Gasteiger partial charge in [0.25, 0.3) is 5.91 Å². The molecular formula is C15H19N3O5S3. The van der Waals surface area contributed by atoms with E-state index in [4.69, 9.17) is 10.00 Å². The minimum atomic E-state index is -3.76. The summed E-state index contributed by atoms with van der Waals surface area (Å²) < 4.78 is 31.8. The molecule has 2 heterocycles. The van der Waals surface area contributed by atoms with Crippen LogP contribution < -0.4 is 0 Å². The van der Waals surface area contributed by atoms with E-state index in [0.717, 1.165) is 11.3 Å². The summed E-state index contributed by atoms with van der Waals surface area (Å²) in [6.07, 6.45) is 0.178. The summed E-state index contributed by atoms with van der Waals surface area (Å²) in [5, 5.41) is 10.0. The molecule has 1 aromatic rings. The van der Waals surface area contributed by atoms with Crippen molar-refractivity contribution in [1.29, 1.82) is 5.26 Å². The molecule has 142 valence electrons. The van der Waals surface area contributed by atoms with Gasteiger partial charge in [-0.05, 0) is 11.4 Å². The highest BCUT2D eigenvalue weighted by molar-refractivity contribution is 7.99. The molecule has 0 atom stereocenters. The summed E-state index contributed by atoms with van der Waals surface area (Å²) >= 11 is 2.65. The highest BCUT2D eigenvalue weighted by Crippen LogP contribution is 2.27. The number of carbonyl (C=O) groups excluding carboxylic acids is 2. The number of nitriles is 1. The fourth-order valence-electron chi connectivity index (χ4n) is 2.22. The number of thioether (sulfide) groups is 1. The number of hydrogen-bond acceptors (Lipinski definition) is 8. The molecular weight excluding hydrogens is 398 g/mol. The molecule has 1 aromatic heterocycles. The Morgan fingerprint density at radius 3 is 2.73 bits per heavy atom. The molecule has 0 bridgehead atoms. The molecule has 0 spiro atoms. The van der Waals surface area contributed by atoms with E-state index in [1.807, 2.05) is 6.07 Å². The first-order valence-electron chi connectivity index (χ1n) is 7.81. The number of thiophene rings is 1. The predicted octanol–water partition coefficient (Wildman–Crippen LogP) is 1.01. The molecule has 0 saturated carbocycles. The zero-order valence-corrected chi connectivity index (χ0v) is 16.7. The van der Waals surface area contributed by atoms with E-state index >= 15 is 0 Å². The average molecular weight is 418 g/mol. The maximum absolute atomic E-state index is 12.7. The third kappa shape index (κ3) is 4.97. The average Bonchev–Trinajstić information content (AvgIpc) is 3.15. The van der Waals surface area contributed by atoms with Crippen LogP contribution in [0, 0.1) is 11.3 Å². The van der Waals surface area contributed by atoms with E-state index in [9.17, 15) is 18.0 Å². The lowest BCUT2D eigenvalue weighted by molar-refractivity contribution is -0.133. The van der Waals surface area contributed by atoms with Crippen molar-refractivity contribution >= 4 is 45.0 Å². The second-order valence-electron chi connectivity index (χ2n) is 5.43. The number of rotatable bonds is 7. The summed E-state index contributed by atoms with van der Waals surface area (Å²) in [5.41, 5.74) is 0. The lowest BCUT2D eigenvalue weighted by Gasteiger charge is -2.25. The molecule has 26 heavy (non-hydrogen) atoms. The van der Waals surface area contributed by atoms with Crippen LogP contribution in [0.25, 0.3) is 0 Å². The van der Waals surface area contributed by atoms with Crippen LogP contribution in [0.3, 0.4) is 0 Å². The van der Waals surface area contributed by atoms with Crippen molar-refractivity contribution in [3.8, 4) is 6.07 Å². The van der Waals surface area contributed by atoms with Gasteiger partial charge in [-0.15, -0.1) is 11.3 Å². The van der Waals surface area contributed by atoms with E-state index in [1.165, 1.54) is 27.7 Å². The molecule has 0 aromatic carbocycles. The molecule has 0 aliphatic carbocycles. The Labute approximate surface area is 160 Å². The van der Waals surface area contributed by atoms with Crippen molar-refractivity contribution < 1.29 is 22.7 Å². The van der Waals surface area contributed by atoms with Crippen LogP contribution in [-0.2, 0) is 19.6 Å². The SMILES string of the molecule is CN(CCC#N)C(=O)COC(=O)c1sccc1S(=O)(=O)N1CCSCC1. The Morgan fingerprint density at radius 1 is 1.38 bits per heavy atom. The van der Waals surface area contributed by atoms with Crippen LogP contribution in [0.5, 0.6) is 0 Å². The quantitative estimate of drug-likeness (QED) is 0.609. The van der Waals surface area contributed by atoms with Crippen molar-refractivity contribution in [3.05, 3.63) is 16.3 Å². The van der Waals surface area contributed by atoms with Gasteiger partial charge >= 0.3 is 5.97 Å². The van der Waals surface area contributed by atoms with Crippen molar-refractivity contribution in [3.63, 3.8) is 0 Å². The predicted molar refractivity (Wildman–Crippen MR) is 98.6 cm³/mol. The summed E-state index contributed by atoms with van der Waals surface area (Å²) in [6.45, 7) is 0.538. The number of hydrogen-bond donors (Lipinski definition) is 0. The second-order valence-corrected chi connectivity index (χ2v) is 9.48. The van der Waals surface area contributed by atoms with Crippen LogP contribution in [0.2, 0.25) is 0 Å². The standard InChI is InChI=1S/C15H19N3O5S3/c1-17(5-2-4-16)13(19)11-23-15(20)14-12(3-8-25-14)26(21,22)18-6-9-24-10-7-18/h3,8H,2,5-7,9-11H2,1H3. The lowest BCUT2D eigenvalue weighted by atomic mass is 10.4. The maximum atomic E-state index is 12.7. The first-order chi connectivity index (χ1) is 12.4. The van der Waals surface area contributed by atoms with Crippen LogP contribution in [0.15, 0.2) is 16.3 Å². The fraction of sp³-hybridized carbons (Fsp3) is 0.533. The van der Waals surface area contributed by atoms with Crippen molar-refractivity contribution in [2.45, 2.75) is 11.3 Å². The number of ether oxygens (including phenoxy) is 1. The summed E-state index contributed by atoms with van der Waals surface area (Å²) in [7, 11) is -2.26. The molecule has 1 amide bonds. The summed E-state index contributed by atoms with van der Waals surface area (Å²) in [4.78, 5) is 25.3. The van der Waals surface area contributed by atoms with Gasteiger partial charge in [0.15, 0.2) is 6.61 Å². The maximum Gasteiger partial charge on any atom is 0.350 e. The minimum absolute atomic E-state index is 0.0318. The number of amides is 1. The topological polar surface area (TPSA) is 108 Å². The van der Waals surface area contributed by atoms with Crippen molar-refractivity contribution in [2.75, 3.05) is 44.8 Å². The van der Waals surface area contributed by atoms with Gasteiger partial charge < -0.3 is 9.64 Å². The molecule has 0 N–H and O–H groups in total. The molecule has 2 rings (SSSR count). The Balaban J connectivity index is 2.04. The van der Waals surface area contributed by atoms with Gasteiger partial charge in [0.05, 0.1) is 12.5 Å². The van der Waals surface area contributed by atoms with E-state index in [2.05, 4.69) is 0 Å². The van der Waals surface area contributed by atoms with Gasteiger partial charge in [-0.1, -0.05) is 0 Å². The Bertz CT molecular complexity index is 794. The number of nitrogens with zero attached hydrogens (tertiary/aromatic N) is 3. The van der Waals surface area contributed by atoms with Gasteiger partial charge in [-0.3, -0.25) is 4.79 Å². The molecule has 1 aliphatic heterocycles. The molecule has 0 unspecified atom stereocenters. The van der Waals surface area contributed by atoms with E-state index in [-0.39, 0.29) is 22.7 Å². The fourth-order valence-corrected chi connectivity index (χ4v) is 6.08. The molecule has 8 nitrogen and oxygen atoms in total. The van der Waals surface area contributed by atoms with E-state index in [1.54, 1.807) is 11.8 Å². The molecule has 11 heteroatoms. The van der Waals surface area contributed by atoms with Crippen LogP contribution >= 0.6 is 23.1 Å². The first-order valence-corrected chi connectivity index (χ1v) is 11.3. The lowest BCUT2D eigenvalue weighted by Crippen LogP contribution is -2.38. The van der Waals surface area contributed by atoms with Crippen LogP contribution in [0.1, 0.15) is 16.1 Å². The third-order valence-electron chi connectivity index (χ3n) is 3.71. The van der Waals surface area contributed by atoms with Gasteiger partial charge in [0, 0.05) is 38.2 Å². The zero-order chi connectivity index (χ0) is 19.2. The zero-order valence-electron chi connectivity index (χ0n) is 14.2. The number of carbonyl (C=O) groups is 2. The molecule has 1 aliphatic rings. The molecule has 1 saturated heterocycles. The smallest absolute Gasteiger partial charge is 0.350 e. The van der Waals surface area contributed by atoms with Gasteiger partial charge in [-0.2, -0.15) is 21.3 Å². The third-order valence-corrected chi connectivity index (χ3v) is 7.62. The number of likely N-dealkylation sites (N-methyl/N-ethyl adjacent to an activating group) is 1. The highest BCUT2D eigenvalue weighted by atomic mass is 32.2. The Morgan fingerprint density at radius 2 is 2.08 bits per heavy atom. The highest BCUT2D eigenvalue weighted by Gasteiger charge is 2.31. The summed E-state index contributed by atoms with van der Waals surface area (Å²) in [6, 6.07) is 3.31. The van der Waals surface area contributed by atoms with Gasteiger partial charge in [0.1, 0.15) is 9.77 Å². The minimum Gasteiger partial charge on any atom is -0.451 e. The largest absolute Gasteiger partial charge is 0.451 e. The van der Waals surface area contributed by atoms with Crippen LogP contribution in [0.4, 0.5) is 0 Å². The Hall–Kier alpha value is -1.61. The first kappa shape index (κ1) is 20.7. The van der Waals surface area contributed by atoms with Crippen LogP contribution in [-0.4, -0.2) is 74.3 Å². The normalized spacial score (nSPS) is 15.2. The summed E-state index contributed by atoms with van der Waals surface area (Å²) in [5.74, 6) is 0.133. The Kier molecular flexibility index (Phi) is 7.45. The number of esters is 1. The van der Waals surface area contributed by atoms with E-state index < -0.39 is 28.5 Å². The second kappa shape index (κ2) is 9.36. The van der Waals surface area contributed by atoms with Crippen molar-refractivity contribution in [2.24, 2.45) is 0 Å². The van der Waals surface area contributed by atoms with E-state index in [0.29, 0.717) is 24.6 Å². The monoisotopic (exact) mass is 417 g/mol.